The molecule has 2 rings (SSSR count). The molecule has 0 heterocycles. The molecule has 1 aromatic carbocycles. The van der Waals surface area contributed by atoms with E-state index < -0.39 is 0 Å². The van der Waals surface area contributed by atoms with Crippen LogP contribution in [-0.4, -0.2) is 38.6 Å². The predicted octanol–water partition coefficient (Wildman–Crippen LogP) is 1.21. The van der Waals surface area contributed by atoms with Crippen LogP contribution in [0.4, 0.5) is 11.4 Å². The molecule has 0 bridgehead atoms. The van der Waals surface area contributed by atoms with Crippen LogP contribution in [0.15, 0.2) is 24.3 Å². The van der Waals surface area contributed by atoms with Crippen molar-refractivity contribution in [1.82, 2.24) is 5.32 Å². The van der Waals surface area contributed by atoms with Crippen molar-refractivity contribution in [2.24, 2.45) is 5.92 Å². The Kier molecular flexibility index (Phi) is 5.71. The van der Waals surface area contributed by atoms with Gasteiger partial charge in [0, 0.05) is 18.5 Å². The molecule has 2 amide bonds. The Bertz CT molecular complexity index is 483. The number of carbonyl (C=O) groups excluding carboxylic acids is 2. The van der Waals surface area contributed by atoms with Gasteiger partial charge in [-0.1, -0.05) is 0 Å². The second kappa shape index (κ2) is 7.75. The summed E-state index contributed by atoms with van der Waals surface area (Å²) in [6.07, 6.45) is 2.54. The molecule has 0 unspecified atom stereocenters. The number of carbonyl (C=O) groups is 2. The highest BCUT2D eigenvalue weighted by Gasteiger charge is 2.20. The van der Waals surface area contributed by atoms with Crippen LogP contribution < -0.4 is 16.0 Å². The Morgan fingerprint density at radius 2 is 1.67 bits per heavy atom. The first-order valence-corrected chi connectivity index (χ1v) is 7.07. The first-order chi connectivity index (χ1) is 10.2. The van der Waals surface area contributed by atoms with Crippen LogP contribution in [0.5, 0.6) is 0 Å². The van der Waals surface area contributed by atoms with Crippen LogP contribution >= 0.6 is 0 Å². The summed E-state index contributed by atoms with van der Waals surface area (Å²) >= 11 is 0. The molecule has 0 aromatic heterocycles. The van der Waals surface area contributed by atoms with Crippen LogP contribution in [0, 0.1) is 5.92 Å². The molecule has 0 atom stereocenters. The van der Waals surface area contributed by atoms with Gasteiger partial charge in [0.1, 0.15) is 6.61 Å². The van der Waals surface area contributed by atoms with E-state index in [4.69, 9.17) is 4.74 Å². The number of benzene rings is 1. The van der Waals surface area contributed by atoms with E-state index in [1.807, 2.05) is 0 Å². The van der Waals surface area contributed by atoms with E-state index in [1.54, 1.807) is 24.3 Å². The van der Waals surface area contributed by atoms with E-state index >= 15 is 0 Å². The second-order valence-corrected chi connectivity index (χ2v) is 5.18. The van der Waals surface area contributed by atoms with Gasteiger partial charge in [0.05, 0.1) is 6.54 Å². The summed E-state index contributed by atoms with van der Waals surface area (Å²) < 4.78 is 4.73. The summed E-state index contributed by atoms with van der Waals surface area (Å²) in [6.45, 7) is 1.26. The Morgan fingerprint density at radius 3 is 2.19 bits per heavy atom. The molecule has 1 saturated carbocycles. The van der Waals surface area contributed by atoms with Gasteiger partial charge in [0.25, 0.3) is 0 Å². The summed E-state index contributed by atoms with van der Waals surface area (Å²) in [6, 6.07) is 6.98. The number of nitrogens with one attached hydrogen (secondary N) is 3. The molecule has 114 valence electrons. The van der Waals surface area contributed by atoms with Gasteiger partial charge in [-0.25, -0.2) is 0 Å². The molecule has 0 spiro atoms. The molecule has 0 aliphatic heterocycles. The number of anilines is 2. The number of hydrogen-bond acceptors (Lipinski definition) is 4. The Morgan fingerprint density at radius 1 is 1.10 bits per heavy atom. The summed E-state index contributed by atoms with van der Waals surface area (Å²) in [5, 5.41) is 8.63. The molecule has 6 nitrogen and oxygen atoms in total. The standard InChI is InChI=1S/C15H21N3O3/c1-21-10-15(20)18-13-6-4-12(5-7-13)17-14(19)9-16-8-11-2-3-11/h4-7,11,16H,2-3,8-10H2,1H3,(H,17,19)(H,18,20). The Hall–Kier alpha value is -1.92. The van der Waals surface area contributed by atoms with Gasteiger partial charge in [0.2, 0.25) is 11.8 Å². The zero-order valence-corrected chi connectivity index (χ0v) is 12.1. The third-order valence-corrected chi connectivity index (χ3v) is 3.14. The van der Waals surface area contributed by atoms with Crippen molar-refractivity contribution in [2.45, 2.75) is 12.8 Å². The first kappa shape index (κ1) is 15.5. The third kappa shape index (κ3) is 5.93. The molecule has 3 N–H and O–H groups in total. The zero-order valence-electron chi connectivity index (χ0n) is 12.1. The van der Waals surface area contributed by atoms with Crippen molar-refractivity contribution < 1.29 is 14.3 Å². The minimum absolute atomic E-state index is 0.0190. The van der Waals surface area contributed by atoms with Crippen molar-refractivity contribution >= 4 is 23.2 Å². The smallest absolute Gasteiger partial charge is 0.250 e. The maximum atomic E-state index is 11.7. The number of methoxy groups -OCH3 is 1. The number of hydrogen-bond donors (Lipinski definition) is 3. The molecular weight excluding hydrogens is 270 g/mol. The van der Waals surface area contributed by atoms with E-state index in [1.165, 1.54) is 20.0 Å². The molecule has 0 saturated heterocycles. The van der Waals surface area contributed by atoms with Crippen LogP contribution in [0.25, 0.3) is 0 Å². The van der Waals surface area contributed by atoms with Gasteiger partial charge < -0.3 is 20.7 Å². The molecular formula is C15H21N3O3. The maximum absolute atomic E-state index is 11.7. The number of ether oxygens (including phenoxy) is 1. The molecule has 21 heavy (non-hydrogen) atoms. The van der Waals surface area contributed by atoms with Gasteiger partial charge in [-0.3, -0.25) is 9.59 Å². The maximum Gasteiger partial charge on any atom is 0.250 e. The Labute approximate surface area is 124 Å². The normalized spacial score (nSPS) is 13.8. The summed E-state index contributed by atoms with van der Waals surface area (Å²) in [7, 11) is 1.47. The lowest BCUT2D eigenvalue weighted by Crippen LogP contribution is -2.29. The SMILES string of the molecule is COCC(=O)Nc1ccc(NC(=O)CNCC2CC2)cc1. The minimum Gasteiger partial charge on any atom is -0.375 e. The van der Waals surface area contributed by atoms with Gasteiger partial charge in [-0.2, -0.15) is 0 Å². The average molecular weight is 291 g/mol. The highest BCUT2D eigenvalue weighted by Crippen LogP contribution is 2.27. The molecule has 1 aliphatic carbocycles. The quantitative estimate of drug-likeness (QED) is 0.672. The van der Waals surface area contributed by atoms with E-state index in [-0.39, 0.29) is 18.4 Å². The van der Waals surface area contributed by atoms with Crippen molar-refractivity contribution in [3.05, 3.63) is 24.3 Å². The monoisotopic (exact) mass is 291 g/mol. The van der Waals surface area contributed by atoms with Crippen LogP contribution in [-0.2, 0) is 14.3 Å². The van der Waals surface area contributed by atoms with Gasteiger partial charge >= 0.3 is 0 Å². The fourth-order valence-corrected chi connectivity index (χ4v) is 1.88. The van der Waals surface area contributed by atoms with Crippen molar-refractivity contribution in [3.8, 4) is 0 Å². The Balaban J connectivity index is 1.72. The number of amides is 2. The fourth-order valence-electron chi connectivity index (χ4n) is 1.88. The zero-order chi connectivity index (χ0) is 15.1. The van der Waals surface area contributed by atoms with Gasteiger partial charge in [-0.05, 0) is 49.6 Å². The average Bonchev–Trinajstić information content (AvgIpc) is 3.25. The lowest BCUT2D eigenvalue weighted by atomic mass is 10.2. The second-order valence-electron chi connectivity index (χ2n) is 5.18. The van der Waals surface area contributed by atoms with E-state index in [9.17, 15) is 9.59 Å². The lowest BCUT2D eigenvalue weighted by molar-refractivity contribution is -0.119. The first-order valence-electron chi connectivity index (χ1n) is 7.07. The topological polar surface area (TPSA) is 79.5 Å². The summed E-state index contributed by atoms with van der Waals surface area (Å²) in [5.41, 5.74) is 1.37. The highest BCUT2D eigenvalue weighted by atomic mass is 16.5. The van der Waals surface area contributed by atoms with Crippen molar-refractivity contribution in [2.75, 3.05) is 37.4 Å². The summed E-state index contributed by atoms with van der Waals surface area (Å²) in [4.78, 5) is 23.0. The van der Waals surface area contributed by atoms with Gasteiger partial charge in [-0.15, -0.1) is 0 Å². The molecule has 1 fully saturated rings. The number of rotatable bonds is 8. The summed E-state index contributed by atoms with van der Waals surface area (Å²) in [5.74, 6) is 0.484. The van der Waals surface area contributed by atoms with Crippen molar-refractivity contribution in [1.29, 1.82) is 0 Å². The van der Waals surface area contributed by atoms with E-state index in [2.05, 4.69) is 16.0 Å². The molecule has 6 heteroatoms. The third-order valence-electron chi connectivity index (χ3n) is 3.14. The van der Waals surface area contributed by atoms with Crippen LogP contribution in [0.2, 0.25) is 0 Å². The minimum atomic E-state index is -0.210. The lowest BCUT2D eigenvalue weighted by Gasteiger charge is -2.08. The van der Waals surface area contributed by atoms with E-state index in [0.717, 1.165) is 12.5 Å². The fraction of sp³-hybridized carbons (Fsp3) is 0.467. The van der Waals surface area contributed by atoms with Crippen LogP contribution in [0.3, 0.4) is 0 Å². The van der Waals surface area contributed by atoms with Gasteiger partial charge in [0.15, 0.2) is 0 Å². The van der Waals surface area contributed by atoms with Crippen molar-refractivity contribution in [3.63, 3.8) is 0 Å². The van der Waals surface area contributed by atoms with E-state index in [0.29, 0.717) is 17.9 Å². The molecule has 1 aromatic rings. The van der Waals surface area contributed by atoms with Crippen LogP contribution in [0.1, 0.15) is 12.8 Å². The molecule has 0 radical (unpaired) electrons. The molecule has 1 aliphatic rings. The largest absolute Gasteiger partial charge is 0.375 e. The predicted molar refractivity (Wildman–Crippen MR) is 81.2 cm³/mol. The highest BCUT2D eigenvalue weighted by molar-refractivity contribution is 5.94.